The van der Waals surface area contributed by atoms with Crippen LogP contribution in [0.5, 0.6) is 0 Å². The minimum atomic E-state index is -0.443. The Bertz CT molecular complexity index is 340. The number of carbonyl (C=O) groups excluding carboxylic acids is 1. The highest BCUT2D eigenvalue weighted by molar-refractivity contribution is 5.92. The van der Waals surface area contributed by atoms with Crippen LogP contribution in [0.25, 0.3) is 0 Å². The first-order valence-electron chi connectivity index (χ1n) is 5.30. The Morgan fingerprint density at radius 3 is 2.81 bits per heavy atom. The van der Waals surface area contributed by atoms with Crippen molar-refractivity contribution in [3.8, 4) is 0 Å². The molecule has 0 unspecified atom stereocenters. The molecule has 1 heterocycles. The van der Waals surface area contributed by atoms with Crippen molar-refractivity contribution in [3.63, 3.8) is 0 Å². The number of aromatic nitrogens is 1. The Labute approximate surface area is 94.3 Å². The SMILES string of the molecule is CCN(CCCN)C(=O)c1ccc(F)cn1. The standard InChI is InChI=1S/C11H16FN3O/c1-2-15(7-3-6-13)11(16)10-5-4-9(12)8-14-10/h4-5,8H,2-3,6-7,13H2,1H3. The number of amides is 1. The van der Waals surface area contributed by atoms with Gasteiger partial charge in [-0.05, 0) is 32.0 Å². The largest absolute Gasteiger partial charge is 0.338 e. The topological polar surface area (TPSA) is 59.2 Å². The first-order chi connectivity index (χ1) is 7.69. The van der Waals surface area contributed by atoms with Gasteiger partial charge in [-0.1, -0.05) is 0 Å². The van der Waals surface area contributed by atoms with E-state index in [1.807, 2.05) is 6.92 Å². The molecule has 16 heavy (non-hydrogen) atoms. The lowest BCUT2D eigenvalue weighted by atomic mass is 10.3. The van der Waals surface area contributed by atoms with Crippen molar-refractivity contribution in [3.05, 3.63) is 29.8 Å². The first kappa shape index (κ1) is 12.6. The lowest BCUT2D eigenvalue weighted by molar-refractivity contribution is 0.0757. The molecule has 0 aliphatic carbocycles. The lowest BCUT2D eigenvalue weighted by Gasteiger charge is -2.19. The average Bonchev–Trinajstić information content (AvgIpc) is 2.30. The van der Waals surface area contributed by atoms with Gasteiger partial charge in [-0.3, -0.25) is 4.79 Å². The summed E-state index contributed by atoms with van der Waals surface area (Å²) in [6, 6.07) is 2.62. The van der Waals surface area contributed by atoms with Crippen LogP contribution in [-0.4, -0.2) is 35.4 Å². The Morgan fingerprint density at radius 1 is 1.56 bits per heavy atom. The summed E-state index contributed by atoms with van der Waals surface area (Å²) in [5.41, 5.74) is 5.65. The second-order valence-corrected chi connectivity index (χ2v) is 3.39. The maximum atomic E-state index is 12.6. The summed E-state index contributed by atoms with van der Waals surface area (Å²) in [4.78, 5) is 17.3. The van der Waals surface area contributed by atoms with E-state index in [4.69, 9.17) is 5.73 Å². The minimum Gasteiger partial charge on any atom is -0.338 e. The van der Waals surface area contributed by atoms with Crippen LogP contribution in [0.4, 0.5) is 4.39 Å². The van der Waals surface area contributed by atoms with Gasteiger partial charge in [0.15, 0.2) is 0 Å². The predicted octanol–water partition coefficient (Wildman–Crippen LogP) is 1.03. The van der Waals surface area contributed by atoms with Crippen molar-refractivity contribution in [1.29, 1.82) is 0 Å². The predicted molar refractivity (Wildman–Crippen MR) is 59.4 cm³/mol. The number of hydrogen-bond acceptors (Lipinski definition) is 3. The van der Waals surface area contributed by atoms with Crippen molar-refractivity contribution in [2.24, 2.45) is 5.73 Å². The molecule has 1 amide bonds. The first-order valence-corrected chi connectivity index (χ1v) is 5.30. The fraction of sp³-hybridized carbons (Fsp3) is 0.455. The van der Waals surface area contributed by atoms with Crippen LogP contribution in [0.1, 0.15) is 23.8 Å². The molecule has 0 saturated heterocycles. The Hall–Kier alpha value is -1.49. The number of nitrogens with zero attached hydrogens (tertiary/aromatic N) is 2. The van der Waals surface area contributed by atoms with E-state index in [1.165, 1.54) is 12.1 Å². The van der Waals surface area contributed by atoms with Crippen molar-refractivity contribution >= 4 is 5.91 Å². The average molecular weight is 225 g/mol. The number of pyridine rings is 1. The van der Waals surface area contributed by atoms with Gasteiger partial charge < -0.3 is 10.6 Å². The van der Waals surface area contributed by atoms with Crippen LogP contribution in [0.2, 0.25) is 0 Å². The van der Waals surface area contributed by atoms with Gasteiger partial charge in [0, 0.05) is 13.1 Å². The molecule has 4 nitrogen and oxygen atoms in total. The summed E-state index contributed by atoms with van der Waals surface area (Å²) in [5, 5.41) is 0. The normalized spacial score (nSPS) is 10.2. The maximum Gasteiger partial charge on any atom is 0.272 e. The summed E-state index contributed by atoms with van der Waals surface area (Å²) < 4.78 is 12.6. The Morgan fingerprint density at radius 2 is 2.31 bits per heavy atom. The monoisotopic (exact) mass is 225 g/mol. The van der Waals surface area contributed by atoms with Gasteiger partial charge in [0.25, 0.3) is 5.91 Å². The molecule has 1 aromatic heterocycles. The summed E-state index contributed by atoms with van der Waals surface area (Å²) in [5.74, 6) is -0.627. The quantitative estimate of drug-likeness (QED) is 0.814. The third-order valence-corrected chi connectivity index (χ3v) is 2.25. The van der Waals surface area contributed by atoms with Crippen molar-refractivity contribution in [1.82, 2.24) is 9.88 Å². The van der Waals surface area contributed by atoms with Crippen LogP contribution >= 0.6 is 0 Å². The molecule has 0 radical (unpaired) electrons. The summed E-state index contributed by atoms with van der Waals surface area (Å²) in [6.45, 7) is 3.63. The summed E-state index contributed by atoms with van der Waals surface area (Å²) in [6.07, 6.45) is 1.80. The second kappa shape index (κ2) is 6.17. The molecule has 2 N–H and O–H groups in total. The fourth-order valence-corrected chi connectivity index (χ4v) is 1.35. The van der Waals surface area contributed by atoms with Crippen LogP contribution in [0, 0.1) is 5.82 Å². The van der Waals surface area contributed by atoms with Crippen LogP contribution in [0.15, 0.2) is 18.3 Å². The van der Waals surface area contributed by atoms with Crippen LogP contribution in [-0.2, 0) is 0 Å². The van der Waals surface area contributed by atoms with Crippen LogP contribution < -0.4 is 5.73 Å². The van der Waals surface area contributed by atoms with Gasteiger partial charge in [-0.2, -0.15) is 0 Å². The van der Waals surface area contributed by atoms with Crippen molar-refractivity contribution in [2.75, 3.05) is 19.6 Å². The number of hydrogen-bond donors (Lipinski definition) is 1. The minimum absolute atomic E-state index is 0.184. The number of halogens is 1. The van der Waals surface area contributed by atoms with E-state index in [2.05, 4.69) is 4.98 Å². The van der Waals surface area contributed by atoms with Crippen molar-refractivity contribution in [2.45, 2.75) is 13.3 Å². The number of rotatable bonds is 5. The molecule has 0 bridgehead atoms. The van der Waals surface area contributed by atoms with E-state index < -0.39 is 5.82 Å². The molecule has 0 aliphatic heterocycles. The van der Waals surface area contributed by atoms with E-state index >= 15 is 0 Å². The molecule has 0 aromatic carbocycles. The Balaban J connectivity index is 2.70. The van der Waals surface area contributed by atoms with E-state index in [0.717, 1.165) is 12.6 Å². The third-order valence-electron chi connectivity index (χ3n) is 2.25. The maximum absolute atomic E-state index is 12.6. The van der Waals surface area contributed by atoms with Gasteiger partial charge in [0.2, 0.25) is 0 Å². The number of nitrogens with two attached hydrogens (primary N) is 1. The highest BCUT2D eigenvalue weighted by Gasteiger charge is 2.14. The van der Waals surface area contributed by atoms with E-state index in [9.17, 15) is 9.18 Å². The van der Waals surface area contributed by atoms with Gasteiger partial charge >= 0.3 is 0 Å². The molecule has 0 spiro atoms. The Kier molecular flexibility index (Phi) is 4.85. The molecular formula is C11H16FN3O. The zero-order chi connectivity index (χ0) is 12.0. The molecule has 88 valence electrons. The van der Waals surface area contributed by atoms with Crippen LogP contribution in [0.3, 0.4) is 0 Å². The highest BCUT2D eigenvalue weighted by atomic mass is 19.1. The van der Waals surface area contributed by atoms with Gasteiger partial charge in [0.05, 0.1) is 6.20 Å². The van der Waals surface area contributed by atoms with E-state index in [0.29, 0.717) is 19.6 Å². The lowest BCUT2D eigenvalue weighted by Crippen LogP contribution is -2.33. The highest BCUT2D eigenvalue weighted by Crippen LogP contribution is 2.03. The smallest absolute Gasteiger partial charge is 0.272 e. The van der Waals surface area contributed by atoms with E-state index in [1.54, 1.807) is 4.90 Å². The zero-order valence-electron chi connectivity index (χ0n) is 9.32. The second-order valence-electron chi connectivity index (χ2n) is 3.39. The summed E-state index contributed by atoms with van der Waals surface area (Å²) in [7, 11) is 0. The molecule has 0 fully saturated rings. The van der Waals surface area contributed by atoms with Gasteiger partial charge in [-0.15, -0.1) is 0 Å². The van der Waals surface area contributed by atoms with E-state index in [-0.39, 0.29) is 11.6 Å². The zero-order valence-corrected chi connectivity index (χ0v) is 9.32. The molecule has 1 rings (SSSR count). The number of carbonyl (C=O) groups is 1. The summed E-state index contributed by atoms with van der Waals surface area (Å²) >= 11 is 0. The third kappa shape index (κ3) is 3.27. The van der Waals surface area contributed by atoms with Gasteiger partial charge in [-0.25, -0.2) is 9.37 Å². The molecule has 0 saturated carbocycles. The molecule has 5 heteroatoms. The van der Waals surface area contributed by atoms with Crippen molar-refractivity contribution < 1.29 is 9.18 Å². The molecule has 0 atom stereocenters. The molecule has 1 aromatic rings. The molecule has 0 aliphatic rings. The fourth-order valence-electron chi connectivity index (χ4n) is 1.35. The molecular weight excluding hydrogens is 209 g/mol. The van der Waals surface area contributed by atoms with Gasteiger partial charge in [0.1, 0.15) is 11.5 Å².